The molecule has 0 saturated heterocycles. The van der Waals surface area contributed by atoms with Crippen molar-refractivity contribution in [3.8, 4) is 0 Å². The zero-order valence-corrected chi connectivity index (χ0v) is 6.67. The van der Waals surface area contributed by atoms with Gasteiger partial charge in [0.25, 0.3) is 0 Å². The Morgan fingerprint density at radius 3 is 2.38 bits per heavy atom. The molecule has 3 heteroatoms. The van der Waals surface area contributed by atoms with Crippen molar-refractivity contribution >= 4 is 0 Å². The van der Waals surface area contributed by atoms with Crippen molar-refractivity contribution in [2.75, 3.05) is 6.54 Å². The molecule has 1 heterocycles. The van der Waals surface area contributed by atoms with E-state index in [1.54, 1.807) is 3.92 Å². The number of rotatable bonds is 0. The summed E-state index contributed by atoms with van der Waals surface area (Å²) in [6, 6.07) is 0. The molecule has 1 nitrogen and oxygen atoms in total. The molecule has 0 unspecified atom stereocenters. The van der Waals surface area contributed by atoms with Gasteiger partial charge in [0.15, 0.2) is 0 Å². The summed E-state index contributed by atoms with van der Waals surface area (Å²) in [4.78, 5) is 0. The van der Waals surface area contributed by atoms with Gasteiger partial charge in [-0.15, -0.1) is 0 Å². The summed E-state index contributed by atoms with van der Waals surface area (Å²) in [6.45, 7) is 0.858. The van der Waals surface area contributed by atoms with E-state index in [0.717, 1.165) is 6.54 Å². The van der Waals surface area contributed by atoms with Gasteiger partial charge in [-0.3, -0.25) is 0 Å². The molecular formula is C5H6BrCuN. The second-order valence-corrected chi connectivity index (χ2v) is 1.85. The van der Waals surface area contributed by atoms with Crippen LogP contribution in [0.4, 0.5) is 0 Å². The van der Waals surface area contributed by atoms with Gasteiger partial charge in [-0.2, -0.15) is 0 Å². The first-order valence-electron chi connectivity index (χ1n) is 2.12. The third-order valence-electron chi connectivity index (χ3n) is 0.749. The minimum atomic E-state index is 0. The van der Waals surface area contributed by atoms with Gasteiger partial charge in [-0.1, -0.05) is 0 Å². The Morgan fingerprint density at radius 1 is 1.38 bits per heavy atom. The molecule has 0 aromatic heterocycles. The molecule has 0 aliphatic carbocycles. The summed E-state index contributed by atoms with van der Waals surface area (Å²) in [7, 11) is 0. The van der Waals surface area contributed by atoms with Crippen molar-refractivity contribution in [1.82, 2.24) is 3.92 Å². The molecule has 0 amide bonds. The maximum atomic E-state index is 4.92. The summed E-state index contributed by atoms with van der Waals surface area (Å²) >= 11 is 4.92. The minimum absolute atomic E-state index is 0. The molecular weight excluding hydrogens is 218 g/mol. The van der Waals surface area contributed by atoms with Gasteiger partial charge < -0.3 is 17.0 Å². The number of allylic oxidation sites excluding steroid dienone is 2. The first-order chi connectivity index (χ1) is 3.39. The van der Waals surface area contributed by atoms with Crippen LogP contribution in [-0.2, 0) is 16.2 Å². The maximum absolute atomic E-state index is 4.92. The quantitative estimate of drug-likeness (QED) is 0.423. The number of halogens is 1. The zero-order chi connectivity index (χ0) is 5.11. The van der Waals surface area contributed by atoms with E-state index in [9.17, 15) is 0 Å². The van der Waals surface area contributed by atoms with E-state index in [1.807, 2.05) is 24.4 Å². The van der Waals surface area contributed by atoms with Crippen LogP contribution in [0.25, 0.3) is 0 Å². The standard InChI is InChI=1S/C5H6N.BrH.Cu/c1-2-4-6-5-3-1;;/h1-4H,5H2;1H;/q-1;;+2/p-1. The zero-order valence-electron chi connectivity index (χ0n) is 4.14. The molecule has 1 aliphatic heterocycles. The van der Waals surface area contributed by atoms with E-state index < -0.39 is 0 Å². The fourth-order valence-electron chi connectivity index (χ4n) is 0.429. The van der Waals surface area contributed by atoms with Crippen LogP contribution in [-0.4, -0.2) is 10.5 Å². The molecule has 0 fully saturated rings. The van der Waals surface area contributed by atoms with Crippen molar-refractivity contribution in [3.63, 3.8) is 0 Å². The summed E-state index contributed by atoms with van der Waals surface area (Å²) < 4.78 is 1.69. The Hall–Kier alpha value is 0.279. The first-order valence-corrected chi connectivity index (χ1v) is 2.54. The van der Waals surface area contributed by atoms with E-state index in [4.69, 9.17) is 16.2 Å². The normalized spacial score (nSPS) is 16.0. The summed E-state index contributed by atoms with van der Waals surface area (Å²) in [5.41, 5.74) is 0. The Kier molecular flexibility index (Phi) is 4.33. The van der Waals surface area contributed by atoms with Gasteiger partial charge in [0, 0.05) is 0 Å². The fraction of sp³-hybridized carbons (Fsp3) is 0.200. The number of hydrogen-bond donors (Lipinski definition) is 0. The molecule has 0 saturated carbocycles. The number of hydrogen-bond acceptors (Lipinski definition) is 1. The first kappa shape index (κ1) is 8.28. The molecule has 0 spiro atoms. The van der Waals surface area contributed by atoms with Gasteiger partial charge >= 0.3 is 51.1 Å². The second-order valence-electron chi connectivity index (χ2n) is 1.31. The van der Waals surface area contributed by atoms with Crippen molar-refractivity contribution in [3.05, 3.63) is 24.4 Å². The monoisotopic (exact) mass is 222 g/mol. The average molecular weight is 224 g/mol. The van der Waals surface area contributed by atoms with Crippen LogP contribution in [0.15, 0.2) is 24.4 Å². The molecule has 0 bridgehead atoms. The van der Waals surface area contributed by atoms with Crippen LogP contribution in [0, 0.1) is 0 Å². The number of nitrogens with zero attached hydrogens (tertiary/aromatic N) is 1. The van der Waals surface area contributed by atoms with Crippen molar-refractivity contribution < 1.29 is 33.2 Å². The molecule has 0 N–H and O–H groups in total. The predicted octanol–water partition coefficient (Wildman–Crippen LogP) is -2.16. The molecule has 0 atom stereocenters. The third-order valence-corrected chi connectivity index (χ3v) is 1.06. The van der Waals surface area contributed by atoms with Gasteiger partial charge in [-0.25, -0.2) is 0 Å². The van der Waals surface area contributed by atoms with Crippen LogP contribution in [0.3, 0.4) is 0 Å². The van der Waals surface area contributed by atoms with Gasteiger partial charge in [0.2, 0.25) is 0 Å². The van der Waals surface area contributed by atoms with E-state index in [0.29, 0.717) is 0 Å². The predicted molar refractivity (Wildman–Crippen MR) is 25.0 cm³/mol. The Bertz CT molecular complexity index is 111. The Morgan fingerprint density at radius 2 is 2.12 bits per heavy atom. The second kappa shape index (κ2) is 4.19. The van der Waals surface area contributed by atoms with E-state index in [2.05, 4.69) is 0 Å². The third kappa shape index (κ3) is 2.55. The molecule has 1 aliphatic rings. The average Bonchev–Trinajstić information content (AvgIpc) is 1.69. The van der Waals surface area contributed by atoms with E-state index >= 15 is 0 Å². The van der Waals surface area contributed by atoms with E-state index in [-0.39, 0.29) is 17.0 Å². The Labute approximate surface area is 68.2 Å². The van der Waals surface area contributed by atoms with Crippen LogP contribution >= 0.6 is 0 Å². The molecule has 0 radical (unpaired) electrons. The SMILES string of the molecule is [Br-].[Cu+][N]1C=CC=CC1. The van der Waals surface area contributed by atoms with Crippen LogP contribution in [0.5, 0.6) is 0 Å². The van der Waals surface area contributed by atoms with Gasteiger partial charge in [0.05, 0.1) is 0 Å². The fourth-order valence-corrected chi connectivity index (χ4v) is 0.610. The van der Waals surface area contributed by atoms with Crippen molar-refractivity contribution in [2.45, 2.75) is 0 Å². The van der Waals surface area contributed by atoms with Crippen LogP contribution < -0.4 is 17.0 Å². The molecule has 0 aromatic carbocycles. The van der Waals surface area contributed by atoms with Crippen LogP contribution in [0.1, 0.15) is 0 Å². The van der Waals surface area contributed by atoms with E-state index in [1.165, 1.54) is 0 Å². The molecule has 1 rings (SSSR count). The molecule has 0 aromatic rings. The van der Waals surface area contributed by atoms with Crippen molar-refractivity contribution in [2.24, 2.45) is 0 Å². The summed E-state index contributed by atoms with van der Waals surface area (Å²) in [5, 5.41) is 0. The summed E-state index contributed by atoms with van der Waals surface area (Å²) in [6.07, 6.45) is 7.78. The van der Waals surface area contributed by atoms with Gasteiger partial charge in [-0.05, 0) is 0 Å². The molecule has 8 heavy (non-hydrogen) atoms. The summed E-state index contributed by atoms with van der Waals surface area (Å²) in [5.74, 6) is 0. The topological polar surface area (TPSA) is 3.24 Å². The van der Waals surface area contributed by atoms with Crippen molar-refractivity contribution in [1.29, 1.82) is 0 Å². The van der Waals surface area contributed by atoms with Gasteiger partial charge in [0.1, 0.15) is 0 Å². The Balaban J connectivity index is 0.000000490. The molecule has 49 valence electrons. The van der Waals surface area contributed by atoms with Crippen LogP contribution in [0.2, 0.25) is 0 Å².